The minimum atomic E-state index is -0.344. The molecule has 2 aromatic carbocycles. The van der Waals surface area contributed by atoms with Gasteiger partial charge in [-0.15, -0.1) is 0 Å². The van der Waals surface area contributed by atoms with Crippen molar-refractivity contribution in [3.63, 3.8) is 0 Å². The molecule has 0 radical (unpaired) electrons. The topological polar surface area (TPSA) is 66.9 Å². The van der Waals surface area contributed by atoms with Gasteiger partial charge in [-0.2, -0.15) is 0 Å². The average molecular weight is 336 g/mol. The van der Waals surface area contributed by atoms with E-state index in [-0.39, 0.29) is 17.4 Å². The van der Waals surface area contributed by atoms with Gasteiger partial charge in [-0.1, -0.05) is 31.2 Å². The van der Waals surface area contributed by atoms with E-state index < -0.39 is 0 Å². The van der Waals surface area contributed by atoms with Gasteiger partial charge in [0.1, 0.15) is 17.3 Å². The molecule has 0 aliphatic carbocycles. The number of halogens is 1. The van der Waals surface area contributed by atoms with Crippen molar-refractivity contribution in [1.82, 2.24) is 9.97 Å². The lowest BCUT2D eigenvalue weighted by Gasteiger charge is -2.09. The van der Waals surface area contributed by atoms with E-state index in [0.29, 0.717) is 11.5 Å². The Labute approximate surface area is 145 Å². The van der Waals surface area contributed by atoms with E-state index in [0.717, 1.165) is 17.7 Å². The Morgan fingerprint density at radius 3 is 2.64 bits per heavy atom. The van der Waals surface area contributed by atoms with Crippen molar-refractivity contribution < 1.29 is 9.18 Å². The Hall–Kier alpha value is -3.28. The van der Waals surface area contributed by atoms with Gasteiger partial charge in [-0.05, 0) is 36.2 Å². The number of amides is 1. The van der Waals surface area contributed by atoms with E-state index >= 15 is 0 Å². The third-order valence-corrected chi connectivity index (χ3v) is 3.63. The van der Waals surface area contributed by atoms with Gasteiger partial charge in [0, 0.05) is 11.4 Å². The van der Waals surface area contributed by atoms with Crippen molar-refractivity contribution in [2.75, 3.05) is 10.6 Å². The normalized spacial score (nSPS) is 10.3. The molecule has 0 bridgehead atoms. The zero-order chi connectivity index (χ0) is 17.6. The van der Waals surface area contributed by atoms with Crippen LogP contribution in [0.4, 0.5) is 21.6 Å². The summed E-state index contributed by atoms with van der Waals surface area (Å²) in [4.78, 5) is 20.6. The van der Waals surface area contributed by atoms with Gasteiger partial charge in [0.05, 0.1) is 12.4 Å². The number of hydrogen-bond acceptors (Lipinski definition) is 4. The zero-order valence-electron chi connectivity index (χ0n) is 13.7. The molecule has 0 aliphatic rings. The summed E-state index contributed by atoms with van der Waals surface area (Å²) in [7, 11) is 0. The smallest absolute Gasteiger partial charge is 0.275 e. The molecule has 126 valence electrons. The molecule has 0 spiro atoms. The summed E-state index contributed by atoms with van der Waals surface area (Å²) in [5.74, 6) is -0.245. The Kier molecular flexibility index (Phi) is 4.99. The molecular weight excluding hydrogens is 319 g/mol. The van der Waals surface area contributed by atoms with Crippen LogP contribution in [0.2, 0.25) is 0 Å². The number of aromatic nitrogens is 2. The second kappa shape index (κ2) is 7.53. The molecule has 1 amide bonds. The van der Waals surface area contributed by atoms with Crippen LogP contribution in [-0.2, 0) is 6.42 Å². The Bertz CT molecular complexity index is 881. The molecule has 0 unspecified atom stereocenters. The van der Waals surface area contributed by atoms with Crippen LogP contribution in [0.5, 0.6) is 0 Å². The number of benzene rings is 2. The lowest BCUT2D eigenvalue weighted by Crippen LogP contribution is -2.15. The number of para-hydroxylation sites is 1. The first-order valence-corrected chi connectivity index (χ1v) is 7.89. The molecule has 1 aromatic heterocycles. The summed E-state index contributed by atoms with van der Waals surface area (Å²) in [6.45, 7) is 2.03. The van der Waals surface area contributed by atoms with E-state index in [1.165, 1.54) is 24.5 Å². The van der Waals surface area contributed by atoms with Crippen molar-refractivity contribution in [2.45, 2.75) is 13.3 Å². The van der Waals surface area contributed by atoms with Crippen LogP contribution < -0.4 is 10.6 Å². The highest BCUT2D eigenvalue weighted by Gasteiger charge is 2.10. The Morgan fingerprint density at radius 2 is 1.92 bits per heavy atom. The number of rotatable bonds is 5. The molecule has 0 saturated carbocycles. The lowest BCUT2D eigenvalue weighted by molar-refractivity contribution is 0.102. The SMILES string of the molecule is CCc1ccccc1NC(=O)c1cnc(Nc2cccc(F)c2)cn1. The zero-order valence-corrected chi connectivity index (χ0v) is 13.7. The van der Waals surface area contributed by atoms with Crippen molar-refractivity contribution >= 4 is 23.1 Å². The number of nitrogens with zero attached hydrogens (tertiary/aromatic N) is 2. The monoisotopic (exact) mass is 336 g/mol. The van der Waals surface area contributed by atoms with Crippen molar-refractivity contribution in [2.24, 2.45) is 0 Å². The second-order valence-corrected chi connectivity index (χ2v) is 5.39. The first kappa shape index (κ1) is 16.6. The van der Waals surface area contributed by atoms with Gasteiger partial charge in [-0.25, -0.2) is 14.4 Å². The molecule has 3 aromatic rings. The van der Waals surface area contributed by atoms with E-state index in [2.05, 4.69) is 20.6 Å². The maximum Gasteiger partial charge on any atom is 0.275 e. The van der Waals surface area contributed by atoms with Crippen LogP contribution >= 0.6 is 0 Å². The standard InChI is InChI=1S/C19H17FN4O/c1-2-13-6-3-4-9-16(13)24-19(25)17-11-22-18(12-21-17)23-15-8-5-7-14(20)10-15/h3-12H,2H2,1H3,(H,22,23)(H,24,25). The van der Waals surface area contributed by atoms with Crippen LogP contribution in [0.1, 0.15) is 23.0 Å². The maximum atomic E-state index is 13.2. The highest BCUT2D eigenvalue weighted by molar-refractivity contribution is 6.03. The highest BCUT2D eigenvalue weighted by atomic mass is 19.1. The summed E-state index contributed by atoms with van der Waals surface area (Å²) >= 11 is 0. The first-order chi connectivity index (χ1) is 12.2. The molecule has 5 nitrogen and oxygen atoms in total. The number of carbonyl (C=O) groups excluding carboxylic acids is 1. The van der Waals surface area contributed by atoms with Crippen LogP contribution in [0, 0.1) is 5.82 Å². The summed E-state index contributed by atoms with van der Waals surface area (Å²) in [6, 6.07) is 13.6. The van der Waals surface area contributed by atoms with Crippen LogP contribution in [0.15, 0.2) is 60.9 Å². The quantitative estimate of drug-likeness (QED) is 0.734. The van der Waals surface area contributed by atoms with Crippen molar-refractivity contribution in [3.05, 3.63) is 78.0 Å². The number of anilines is 3. The van der Waals surface area contributed by atoms with Crippen LogP contribution in [0.3, 0.4) is 0 Å². The Morgan fingerprint density at radius 1 is 1.08 bits per heavy atom. The predicted molar refractivity (Wildman–Crippen MR) is 95.5 cm³/mol. The Balaban J connectivity index is 1.70. The van der Waals surface area contributed by atoms with Gasteiger partial charge < -0.3 is 10.6 Å². The third-order valence-electron chi connectivity index (χ3n) is 3.63. The van der Waals surface area contributed by atoms with Crippen molar-refractivity contribution in [3.8, 4) is 0 Å². The molecule has 0 atom stereocenters. The van der Waals surface area contributed by atoms with Gasteiger partial charge in [0.2, 0.25) is 0 Å². The summed E-state index contributed by atoms with van der Waals surface area (Å²) in [6.07, 6.45) is 3.63. The summed E-state index contributed by atoms with van der Waals surface area (Å²) < 4.78 is 13.2. The minimum Gasteiger partial charge on any atom is -0.339 e. The fourth-order valence-corrected chi connectivity index (χ4v) is 2.36. The first-order valence-electron chi connectivity index (χ1n) is 7.89. The predicted octanol–water partition coefficient (Wildman–Crippen LogP) is 4.17. The molecule has 0 fully saturated rings. The largest absolute Gasteiger partial charge is 0.339 e. The summed E-state index contributed by atoms with van der Waals surface area (Å²) in [5.41, 5.74) is 2.58. The van der Waals surface area contributed by atoms with Crippen LogP contribution in [-0.4, -0.2) is 15.9 Å². The number of aryl methyl sites for hydroxylation is 1. The van der Waals surface area contributed by atoms with Gasteiger partial charge in [-0.3, -0.25) is 4.79 Å². The molecule has 0 aliphatic heterocycles. The fraction of sp³-hybridized carbons (Fsp3) is 0.105. The van der Waals surface area contributed by atoms with Crippen LogP contribution in [0.25, 0.3) is 0 Å². The molecule has 3 rings (SSSR count). The van der Waals surface area contributed by atoms with E-state index in [9.17, 15) is 9.18 Å². The highest BCUT2D eigenvalue weighted by Crippen LogP contribution is 2.17. The molecule has 25 heavy (non-hydrogen) atoms. The van der Waals surface area contributed by atoms with Crippen molar-refractivity contribution in [1.29, 1.82) is 0 Å². The number of carbonyl (C=O) groups is 1. The maximum absolute atomic E-state index is 13.2. The van der Waals surface area contributed by atoms with Gasteiger partial charge >= 0.3 is 0 Å². The molecule has 0 saturated heterocycles. The second-order valence-electron chi connectivity index (χ2n) is 5.39. The van der Waals surface area contributed by atoms with Gasteiger partial charge in [0.25, 0.3) is 5.91 Å². The average Bonchev–Trinajstić information content (AvgIpc) is 2.63. The summed E-state index contributed by atoms with van der Waals surface area (Å²) in [5, 5.41) is 5.78. The van der Waals surface area contributed by atoms with E-state index in [1.54, 1.807) is 12.1 Å². The number of nitrogens with one attached hydrogen (secondary N) is 2. The molecular formula is C19H17FN4O. The third kappa shape index (κ3) is 4.17. The van der Waals surface area contributed by atoms with E-state index in [4.69, 9.17) is 0 Å². The fourth-order valence-electron chi connectivity index (χ4n) is 2.36. The van der Waals surface area contributed by atoms with E-state index in [1.807, 2.05) is 31.2 Å². The minimum absolute atomic E-state index is 0.204. The molecule has 1 heterocycles. The van der Waals surface area contributed by atoms with Gasteiger partial charge in [0.15, 0.2) is 0 Å². The molecule has 2 N–H and O–H groups in total. The number of hydrogen-bond donors (Lipinski definition) is 2. The lowest BCUT2D eigenvalue weighted by atomic mass is 10.1. The molecule has 6 heteroatoms.